The van der Waals surface area contributed by atoms with E-state index < -0.39 is 0 Å². The van der Waals surface area contributed by atoms with Crippen LogP contribution in [0.1, 0.15) is 35.0 Å². The summed E-state index contributed by atoms with van der Waals surface area (Å²) in [6, 6.07) is 5.21. The molecule has 0 fully saturated rings. The number of benzene rings is 1. The number of aromatic amines is 1. The number of carbonyl (C=O) groups excluding carboxylic acids is 1. The van der Waals surface area contributed by atoms with E-state index in [0.717, 1.165) is 10.4 Å². The highest BCUT2D eigenvalue weighted by Gasteiger charge is 2.11. The Morgan fingerprint density at radius 3 is 3.00 bits per heavy atom. The van der Waals surface area contributed by atoms with Crippen LogP contribution in [-0.4, -0.2) is 26.3 Å². The first-order chi connectivity index (χ1) is 9.63. The van der Waals surface area contributed by atoms with Crippen molar-refractivity contribution in [3.63, 3.8) is 0 Å². The van der Waals surface area contributed by atoms with Gasteiger partial charge in [-0.1, -0.05) is 19.1 Å². The summed E-state index contributed by atoms with van der Waals surface area (Å²) in [6.45, 7) is 4.19. The van der Waals surface area contributed by atoms with Crippen molar-refractivity contribution in [1.29, 1.82) is 0 Å². The molecule has 0 saturated heterocycles. The van der Waals surface area contributed by atoms with Crippen molar-refractivity contribution in [2.45, 2.75) is 19.8 Å². The van der Waals surface area contributed by atoms with E-state index in [1.165, 1.54) is 11.3 Å². The fourth-order valence-electron chi connectivity index (χ4n) is 1.76. The van der Waals surface area contributed by atoms with E-state index in [1.54, 1.807) is 24.4 Å². The van der Waals surface area contributed by atoms with Crippen molar-refractivity contribution in [3.05, 3.63) is 34.8 Å². The Morgan fingerprint density at radius 1 is 1.40 bits per heavy atom. The maximum atomic E-state index is 12.2. The molecule has 0 atom stereocenters. The van der Waals surface area contributed by atoms with Crippen LogP contribution in [0.3, 0.4) is 0 Å². The minimum absolute atomic E-state index is 0.195. The molecule has 3 rings (SSSR count). The van der Waals surface area contributed by atoms with Gasteiger partial charge in [-0.3, -0.25) is 15.2 Å². The lowest BCUT2D eigenvalue weighted by Gasteiger charge is -2.01. The van der Waals surface area contributed by atoms with Crippen molar-refractivity contribution < 1.29 is 4.79 Å². The standard InChI is InChI=1S/C13H13N5OS/c1-7(2)11-6-14-13(20-11)15-12(19)8-3-4-9-10(5-8)17-18-16-9/h3-7H,1-2H3,(H,14,15,19)(H,16,17,18). The van der Waals surface area contributed by atoms with Gasteiger partial charge in [0.1, 0.15) is 5.52 Å². The molecule has 0 aliphatic rings. The van der Waals surface area contributed by atoms with Crippen LogP contribution in [0.4, 0.5) is 5.13 Å². The Kier molecular flexibility index (Phi) is 3.19. The number of thiazole rings is 1. The number of amides is 1. The minimum atomic E-state index is -0.195. The van der Waals surface area contributed by atoms with Gasteiger partial charge in [-0.25, -0.2) is 4.98 Å². The summed E-state index contributed by atoms with van der Waals surface area (Å²) < 4.78 is 0. The Hall–Kier alpha value is -2.28. The molecule has 0 bridgehead atoms. The van der Waals surface area contributed by atoms with E-state index >= 15 is 0 Å². The third kappa shape index (κ3) is 2.39. The second-order valence-corrected chi connectivity index (χ2v) is 5.78. The van der Waals surface area contributed by atoms with Gasteiger partial charge in [0, 0.05) is 16.6 Å². The molecule has 0 unspecified atom stereocenters. The average molecular weight is 287 g/mol. The molecule has 7 heteroatoms. The molecule has 3 aromatic rings. The highest BCUT2D eigenvalue weighted by Crippen LogP contribution is 2.25. The van der Waals surface area contributed by atoms with Crippen molar-refractivity contribution in [1.82, 2.24) is 20.4 Å². The molecule has 2 N–H and O–H groups in total. The summed E-state index contributed by atoms with van der Waals surface area (Å²) in [4.78, 5) is 17.5. The summed E-state index contributed by atoms with van der Waals surface area (Å²) in [5.41, 5.74) is 2.00. The van der Waals surface area contributed by atoms with E-state index in [2.05, 4.69) is 39.6 Å². The number of rotatable bonds is 3. The highest BCUT2D eigenvalue weighted by molar-refractivity contribution is 7.15. The summed E-state index contributed by atoms with van der Waals surface area (Å²) in [5.74, 6) is 0.212. The predicted octanol–water partition coefficient (Wildman–Crippen LogP) is 2.79. The topological polar surface area (TPSA) is 83.6 Å². The molecule has 0 radical (unpaired) electrons. The predicted molar refractivity (Wildman–Crippen MR) is 78.0 cm³/mol. The lowest BCUT2D eigenvalue weighted by atomic mass is 10.2. The fourth-order valence-corrected chi connectivity index (χ4v) is 2.58. The number of hydrogen-bond donors (Lipinski definition) is 2. The maximum Gasteiger partial charge on any atom is 0.257 e. The van der Waals surface area contributed by atoms with Crippen LogP contribution in [0.25, 0.3) is 11.0 Å². The zero-order valence-electron chi connectivity index (χ0n) is 11.0. The number of anilines is 1. The van der Waals surface area contributed by atoms with Crippen LogP contribution in [0.2, 0.25) is 0 Å². The molecule has 0 aliphatic heterocycles. The molecule has 0 aliphatic carbocycles. The Morgan fingerprint density at radius 2 is 2.25 bits per heavy atom. The Labute approximate surface area is 119 Å². The lowest BCUT2D eigenvalue weighted by molar-refractivity contribution is 0.102. The maximum absolute atomic E-state index is 12.2. The Balaban J connectivity index is 1.80. The van der Waals surface area contributed by atoms with Gasteiger partial charge < -0.3 is 0 Å². The summed E-state index contributed by atoms with van der Waals surface area (Å²) >= 11 is 1.49. The lowest BCUT2D eigenvalue weighted by Crippen LogP contribution is -2.11. The minimum Gasteiger partial charge on any atom is -0.298 e. The molecule has 20 heavy (non-hydrogen) atoms. The van der Waals surface area contributed by atoms with Crippen LogP contribution in [0, 0.1) is 0 Å². The molecule has 0 spiro atoms. The van der Waals surface area contributed by atoms with Gasteiger partial charge in [-0.15, -0.1) is 16.4 Å². The van der Waals surface area contributed by atoms with E-state index in [0.29, 0.717) is 22.1 Å². The van der Waals surface area contributed by atoms with Crippen LogP contribution in [-0.2, 0) is 0 Å². The zero-order chi connectivity index (χ0) is 14.1. The van der Waals surface area contributed by atoms with Gasteiger partial charge in [0.15, 0.2) is 5.13 Å². The number of nitrogens with one attached hydrogen (secondary N) is 2. The first kappa shape index (κ1) is 12.7. The van der Waals surface area contributed by atoms with Crippen LogP contribution in [0.5, 0.6) is 0 Å². The summed E-state index contributed by atoms with van der Waals surface area (Å²) in [7, 11) is 0. The SMILES string of the molecule is CC(C)c1cnc(NC(=O)c2ccc3[nH]nnc3c2)s1. The Bertz CT molecular complexity index is 761. The zero-order valence-corrected chi connectivity index (χ0v) is 11.9. The molecular formula is C13H13N5OS. The number of aromatic nitrogens is 4. The van der Waals surface area contributed by atoms with Gasteiger partial charge >= 0.3 is 0 Å². The van der Waals surface area contributed by atoms with Gasteiger partial charge in [0.05, 0.1) is 5.52 Å². The van der Waals surface area contributed by atoms with E-state index in [9.17, 15) is 4.79 Å². The average Bonchev–Trinajstić information content (AvgIpc) is 3.05. The molecule has 1 aromatic carbocycles. The van der Waals surface area contributed by atoms with Crippen LogP contribution < -0.4 is 5.32 Å². The summed E-state index contributed by atoms with van der Waals surface area (Å²) in [6.07, 6.45) is 1.80. The third-order valence-electron chi connectivity index (χ3n) is 2.90. The second kappa shape index (κ2) is 5.01. The summed E-state index contributed by atoms with van der Waals surface area (Å²) in [5, 5.41) is 13.7. The highest BCUT2D eigenvalue weighted by atomic mass is 32.1. The van der Waals surface area contributed by atoms with Gasteiger partial charge in [-0.2, -0.15) is 0 Å². The number of nitrogens with zero attached hydrogens (tertiary/aromatic N) is 3. The molecular weight excluding hydrogens is 274 g/mol. The smallest absolute Gasteiger partial charge is 0.257 e. The fraction of sp³-hybridized carbons (Fsp3) is 0.231. The monoisotopic (exact) mass is 287 g/mol. The molecule has 2 heterocycles. The third-order valence-corrected chi connectivity index (χ3v) is 4.11. The number of fused-ring (bicyclic) bond motifs is 1. The molecule has 102 valence electrons. The van der Waals surface area contributed by atoms with Crippen LogP contribution >= 0.6 is 11.3 Å². The second-order valence-electron chi connectivity index (χ2n) is 4.72. The van der Waals surface area contributed by atoms with Crippen molar-refractivity contribution in [3.8, 4) is 0 Å². The van der Waals surface area contributed by atoms with Gasteiger partial charge in [0.25, 0.3) is 5.91 Å². The molecule has 6 nitrogen and oxygen atoms in total. The van der Waals surface area contributed by atoms with Gasteiger partial charge in [-0.05, 0) is 24.1 Å². The van der Waals surface area contributed by atoms with Gasteiger partial charge in [0.2, 0.25) is 0 Å². The number of H-pyrrole nitrogens is 1. The van der Waals surface area contributed by atoms with Crippen molar-refractivity contribution in [2.24, 2.45) is 0 Å². The largest absolute Gasteiger partial charge is 0.298 e. The first-order valence-corrected chi connectivity index (χ1v) is 7.03. The molecule has 0 saturated carbocycles. The van der Waals surface area contributed by atoms with Crippen molar-refractivity contribution >= 4 is 33.4 Å². The van der Waals surface area contributed by atoms with Crippen molar-refractivity contribution in [2.75, 3.05) is 5.32 Å². The normalized spacial score (nSPS) is 11.2. The van der Waals surface area contributed by atoms with E-state index in [1.807, 2.05) is 0 Å². The molecule has 1 amide bonds. The van der Waals surface area contributed by atoms with E-state index in [-0.39, 0.29) is 5.91 Å². The number of carbonyl (C=O) groups is 1. The number of hydrogen-bond acceptors (Lipinski definition) is 5. The van der Waals surface area contributed by atoms with E-state index in [4.69, 9.17) is 0 Å². The first-order valence-electron chi connectivity index (χ1n) is 6.21. The molecule has 2 aromatic heterocycles. The quantitative estimate of drug-likeness (QED) is 0.776. The van der Waals surface area contributed by atoms with Crippen LogP contribution in [0.15, 0.2) is 24.4 Å².